The number of hydrogen-bond acceptors (Lipinski definition) is 6. The number of hydrogen-bond donors (Lipinski definition) is 1. The second-order valence-corrected chi connectivity index (χ2v) is 8.89. The van der Waals surface area contributed by atoms with Crippen molar-refractivity contribution >= 4 is 16.6 Å². The van der Waals surface area contributed by atoms with Gasteiger partial charge in [-0.05, 0) is 74.9 Å². The molecule has 2 aliphatic heterocycles. The minimum atomic E-state index is -0.407. The van der Waals surface area contributed by atoms with Crippen LogP contribution in [0.3, 0.4) is 0 Å². The summed E-state index contributed by atoms with van der Waals surface area (Å²) in [6.07, 6.45) is 7.47. The number of piperidine rings is 1. The summed E-state index contributed by atoms with van der Waals surface area (Å²) in [6.45, 7) is 6.20. The molecule has 1 fully saturated rings. The van der Waals surface area contributed by atoms with Crippen LogP contribution < -0.4 is 5.32 Å². The molecular weight excluding hydrogens is 398 g/mol. The Hall–Kier alpha value is -2.88. The van der Waals surface area contributed by atoms with Crippen LogP contribution in [0, 0.1) is 18.3 Å². The number of nitrogens with one attached hydrogen (secondary N) is 1. The molecule has 6 heteroatoms. The van der Waals surface area contributed by atoms with Gasteiger partial charge in [-0.15, -0.1) is 0 Å². The van der Waals surface area contributed by atoms with Crippen LogP contribution in [0.5, 0.6) is 0 Å². The molecule has 6 nitrogen and oxygen atoms in total. The lowest BCUT2D eigenvalue weighted by molar-refractivity contribution is -0.0766. The number of likely N-dealkylation sites (tertiary alicyclic amines) is 1. The number of nitrogens with zero attached hydrogens (tertiary/aromatic N) is 4. The number of aromatic nitrogens is 1. The van der Waals surface area contributed by atoms with Gasteiger partial charge in [0.25, 0.3) is 0 Å². The molecular formula is C26H33N5O. The minimum absolute atomic E-state index is 0.115. The maximum absolute atomic E-state index is 10.0. The standard InChI is InChI=1S/C26H33N5O/c1-5-19-11-12-25(29-24-14-20-9-6-8-18(2)23(20)16-28-24)31(4)26(22(19)15-27)32-21-10-7-13-30(3)17-21/h6,8-9,12,14,16,21,26H,5,7,10-11,13,17H2,1-4H3,(H,28,29). The molecule has 0 amide bonds. The van der Waals surface area contributed by atoms with E-state index >= 15 is 0 Å². The predicted octanol–water partition coefficient (Wildman–Crippen LogP) is 4.80. The van der Waals surface area contributed by atoms with Gasteiger partial charge in [0.15, 0.2) is 6.23 Å². The smallest absolute Gasteiger partial charge is 0.167 e. The second-order valence-electron chi connectivity index (χ2n) is 8.89. The maximum atomic E-state index is 10.0. The lowest BCUT2D eigenvalue weighted by Gasteiger charge is -2.37. The topological polar surface area (TPSA) is 64.4 Å². The SMILES string of the molecule is CCC1=C(C#N)C(OC2CCCN(C)C2)N(C)C(Nc2cc3cccc(C)c3cn2)=CC1. The molecule has 0 spiro atoms. The summed E-state index contributed by atoms with van der Waals surface area (Å²) in [5, 5.41) is 15.8. The number of likely N-dealkylation sites (N-methyl/N-ethyl adjacent to an activating group) is 2. The highest BCUT2D eigenvalue weighted by Gasteiger charge is 2.31. The third-order valence-corrected chi connectivity index (χ3v) is 6.59. The molecule has 2 atom stereocenters. The van der Waals surface area contributed by atoms with Crippen molar-refractivity contribution in [3.05, 3.63) is 59.1 Å². The number of pyridine rings is 1. The molecule has 0 aliphatic carbocycles. The highest BCUT2D eigenvalue weighted by molar-refractivity contribution is 5.86. The number of benzene rings is 1. The fourth-order valence-corrected chi connectivity index (χ4v) is 4.67. The van der Waals surface area contributed by atoms with Crippen molar-refractivity contribution in [2.45, 2.75) is 51.9 Å². The first-order valence-electron chi connectivity index (χ1n) is 11.5. The van der Waals surface area contributed by atoms with Crippen LogP contribution in [0.25, 0.3) is 10.8 Å². The van der Waals surface area contributed by atoms with E-state index in [1.54, 1.807) is 0 Å². The highest BCUT2D eigenvalue weighted by atomic mass is 16.5. The Bertz CT molecular complexity index is 1080. The van der Waals surface area contributed by atoms with Gasteiger partial charge in [0, 0.05) is 25.2 Å². The lowest BCUT2D eigenvalue weighted by atomic mass is 10.0. The molecule has 1 N–H and O–H groups in total. The van der Waals surface area contributed by atoms with Gasteiger partial charge in [0.1, 0.15) is 11.6 Å². The minimum Gasteiger partial charge on any atom is -0.349 e. The summed E-state index contributed by atoms with van der Waals surface area (Å²) < 4.78 is 6.59. The molecule has 1 aromatic carbocycles. The Balaban J connectivity index is 1.61. The van der Waals surface area contributed by atoms with Gasteiger partial charge < -0.3 is 19.9 Å². The highest BCUT2D eigenvalue weighted by Crippen LogP contribution is 2.30. The van der Waals surface area contributed by atoms with Crippen LogP contribution >= 0.6 is 0 Å². The van der Waals surface area contributed by atoms with Gasteiger partial charge in [-0.1, -0.05) is 25.1 Å². The first kappa shape index (κ1) is 22.3. The van der Waals surface area contributed by atoms with Gasteiger partial charge in [0.2, 0.25) is 0 Å². The summed E-state index contributed by atoms with van der Waals surface area (Å²) in [5.74, 6) is 1.70. The molecule has 4 rings (SSSR count). The quantitative estimate of drug-likeness (QED) is 0.734. The fourth-order valence-electron chi connectivity index (χ4n) is 4.67. The predicted molar refractivity (Wildman–Crippen MR) is 129 cm³/mol. The Kier molecular flexibility index (Phi) is 6.78. The average molecular weight is 432 g/mol. The number of aryl methyl sites for hydroxylation is 1. The van der Waals surface area contributed by atoms with Gasteiger partial charge in [-0.3, -0.25) is 0 Å². The Morgan fingerprint density at radius 2 is 2.16 bits per heavy atom. The van der Waals surface area contributed by atoms with Crippen LogP contribution in [-0.4, -0.2) is 54.3 Å². The number of nitriles is 1. The van der Waals surface area contributed by atoms with Crippen molar-refractivity contribution in [1.82, 2.24) is 14.8 Å². The fraction of sp³-hybridized carbons (Fsp3) is 0.462. The van der Waals surface area contributed by atoms with Crippen molar-refractivity contribution in [3.8, 4) is 6.07 Å². The lowest BCUT2D eigenvalue weighted by Crippen LogP contribution is -2.44. The molecule has 2 aromatic rings. The molecule has 1 aromatic heterocycles. The van der Waals surface area contributed by atoms with E-state index in [-0.39, 0.29) is 6.10 Å². The molecule has 0 radical (unpaired) electrons. The van der Waals surface area contributed by atoms with Gasteiger partial charge in [-0.25, -0.2) is 4.98 Å². The second kappa shape index (κ2) is 9.72. The molecule has 0 bridgehead atoms. The Morgan fingerprint density at radius 3 is 2.91 bits per heavy atom. The summed E-state index contributed by atoms with van der Waals surface area (Å²) in [4.78, 5) is 9.01. The maximum Gasteiger partial charge on any atom is 0.167 e. The molecule has 0 saturated carbocycles. The zero-order valence-electron chi connectivity index (χ0n) is 19.6. The van der Waals surface area contributed by atoms with Gasteiger partial charge in [-0.2, -0.15) is 5.26 Å². The van der Waals surface area contributed by atoms with Crippen molar-refractivity contribution in [3.63, 3.8) is 0 Å². The molecule has 168 valence electrons. The van der Waals surface area contributed by atoms with E-state index < -0.39 is 6.23 Å². The number of anilines is 1. The van der Waals surface area contributed by atoms with Crippen molar-refractivity contribution in [1.29, 1.82) is 5.26 Å². The Labute approximate surface area is 191 Å². The summed E-state index contributed by atoms with van der Waals surface area (Å²) in [7, 11) is 4.13. The number of ether oxygens (including phenoxy) is 1. The van der Waals surface area contributed by atoms with E-state index in [1.165, 1.54) is 5.56 Å². The van der Waals surface area contributed by atoms with Crippen LogP contribution in [-0.2, 0) is 4.74 Å². The monoisotopic (exact) mass is 431 g/mol. The van der Waals surface area contributed by atoms with Crippen molar-refractivity contribution in [2.75, 3.05) is 32.5 Å². The van der Waals surface area contributed by atoms with Crippen LogP contribution in [0.1, 0.15) is 38.2 Å². The zero-order chi connectivity index (χ0) is 22.7. The number of rotatable bonds is 5. The van der Waals surface area contributed by atoms with Crippen LogP contribution in [0.2, 0.25) is 0 Å². The average Bonchev–Trinajstić information content (AvgIpc) is 2.91. The molecule has 1 saturated heterocycles. The van der Waals surface area contributed by atoms with E-state index in [4.69, 9.17) is 4.74 Å². The Morgan fingerprint density at radius 1 is 1.31 bits per heavy atom. The molecule has 2 unspecified atom stereocenters. The zero-order valence-corrected chi connectivity index (χ0v) is 19.6. The summed E-state index contributed by atoms with van der Waals surface area (Å²) >= 11 is 0. The van der Waals surface area contributed by atoms with E-state index in [0.717, 1.165) is 72.3 Å². The summed E-state index contributed by atoms with van der Waals surface area (Å²) in [6, 6.07) is 10.8. The van der Waals surface area contributed by atoms with Crippen LogP contribution in [0.4, 0.5) is 5.82 Å². The first-order chi connectivity index (χ1) is 15.5. The van der Waals surface area contributed by atoms with Crippen molar-refractivity contribution in [2.24, 2.45) is 0 Å². The van der Waals surface area contributed by atoms with E-state index in [9.17, 15) is 5.26 Å². The van der Waals surface area contributed by atoms with Crippen LogP contribution in [0.15, 0.2) is 53.5 Å². The number of allylic oxidation sites excluding steroid dienone is 2. The molecule has 32 heavy (non-hydrogen) atoms. The normalized spacial score (nSPS) is 22.5. The van der Waals surface area contributed by atoms with E-state index in [0.29, 0.717) is 0 Å². The van der Waals surface area contributed by atoms with E-state index in [1.807, 2.05) is 13.2 Å². The van der Waals surface area contributed by atoms with Gasteiger partial charge in [0.05, 0.1) is 17.7 Å². The largest absolute Gasteiger partial charge is 0.349 e. The molecule has 3 heterocycles. The molecule has 2 aliphatic rings. The first-order valence-corrected chi connectivity index (χ1v) is 11.5. The third kappa shape index (κ3) is 4.64. The summed E-state index contributed by atoms with van der Waals surface area (Å²) in [5.41, 5.74) is 3.08. The third-order valence-electron chi connectivity index (χ3n) is 6.59. The number of fused-ring (bicyclic) bond motifs is 1. The van der Waals surface area contributed by atoms with Gasteiger partial charge >= 0.3 is 0 Å². The van der Waals surface area contributed by atoms with Crippen molar-refractivity contribution < 1.29 is 4.74 Å². The van der Waals surface area contributed by atoms with E-state index in [2.05, 4.69) is 77.4 Å².